The van der Waals surface area contributed by atoms with Gasteiger partial charge >= 0.3 is 5.97 Å². The highest BCUT2D eigenvalue weighted by atomic mass is 35.5. The van der Waals surface area contributed by atoms with Gasteiger partial charge in [0.1, 0.15) is 11.9 Å². The minimum absolute atomic E-state index is 0.0664. The number of hydrogen-bond donors (Lipinski definition) is 1. The van der Waals surface area contributed by atoms with Gasteiger partial charge in [-0.05, 0) is 24.7 Å². The van der Waals surface area contributed by atoms with Gasteiger partial charge in [-0.2, -0.15) is 0 Å². The molecule has 1 fully saturated rings. The summed E-state index contributed by atoms with van der Waals surface area (Å²) in [5.41, 5.74) is 0.452. The molecule has 0 unspecified atom stereocenters. The van der Waals surface area contributed by atoms with Gasteiger partial charge in [0.05, 0.1) is 11.4 Å². The van der Waals surface area contributed by atoms with Crippen LogP contribution in [0.1, 0.15) is 25.8 Å². The fraction of sp³-hybridized carbons (Fsp3) is 0.533. The summed E-state index contributed by atoms with van der Waals surface area (Å²) in [6.07, 6.45) is 0.257. The van der Waals surface area contributed by atoms with E-state index in [1.165, 1.54) is 0 Å². The van der Waals surface area contributed by atoms with Crippen molar-refractivity contribution in [2.24, 2.45) is 0 Å². The van der Waals surface area contributed by atoms with E-state index in [9.17, 15) is 4.79 Å². The molecule has 0 radical (unpaired) electrons. The van der Waals surface area contributed by atoms with Gasteiger partial charge in [0.15, 0.2) is 0 Å². The number of likely N-dealkylation sites (N-methyl/N-ethyl adjacent to an activating group) is 1. The smallest absolute Gasteiger partial charge is 0.304 e. The fourth-order valence-electron chi connectivity index (χ4n) is 2.39. The van der Waals surface area contributed by atoms with E-state index in [0.29, 0.717) is 10.8 Å². The summed E-state index contributed by atoms with van der Waals surface area (Å²) in [5, 5.41) is 9.49. The maximum Gasteiger partial charge on any atom is 0.304 e. The molecule has 5 heteroatoms. The zero-order valence-electron chi connectivity index (χ0n) is 12.0. The van der Waals surface area contributed by atoms with Crippen molar-refractivity contribution in [1.29, 1.82) is 0 Å². The van der Waals surface area contributed by atoms with E-state index in [1.54, 1.807) is 0 Å². The summed E-state index contributed by atoms with van der Waals surface area (Å²) >= 11 is 6.25. The average molecular weight is 298 g/mol. The SMILES string of the molecule is CN1CC(Oc2ccc(C(C)(C)CC(=O)O)cc2Cl)C1. The molecule has 1 aromatic carbocycles. The Bertz CT molecular complexity index is 510. The van der Waals surface area contributed by atoms with Gasteiger partial charge in [0, 0.05) is 18.5 Å². The molecule has 1 aliphatic rings. The molecule has 1 saturated heterocycles. The van der Waals surface area contributed by atoms with Gasteiger partial charge in [-0.15, -0.1) is 0 Å². The van der Waals surface area contributed by atoms with Crippen molar-refractivity contribution in [2.45, 2.75) is 31.8 Å². The second kappa shape index (κ2) is 5.62. The molecule has 1 aliphatic heterocycles. The van der Waals surface area contributed by atoms with Crippen LogP contribution in [0.5, 0.6) is 5.75 Å². The topological polar surface area (TPSA) is 49.8 Å². The number of carboxylic acids is 1. The number of aliphatic carboxylic acids is 1. The molecular formula is C15H20ClNO3. The van der Waals surface area contributed by atoms with Crippen LogP contribution in [0.25, 0.3) is 0 Å². The number of likely N-dealkylation sites (tertiary alicyclic amines) is 1. The van der Waals surface area contributed by atoms with Gasteiger partial charge in [-0.3, -0.25) is 9.69 Å². The summed E-state index contributed by atoms with van der Waals surface area (Å²) in [4.78, 5) is 13.1. The molecule has 1 N–H and O–H groups in total. The van der Waals surface area contributed by atoms with Crippen LogP contribution in [0.15, 0.2) is 18.2 Å². The molecule has 0 spiro atoms. The third-order valence-electron chi connectivity index (χ3n) is 3.63. The zero-order valence-corrected chi connectivity index (χ0v) is 12.8. The lowest BCUT2D eigenvalue weighted by Gasteiger charge is -2.36. The van der Waals surface area contributed by atoms with Crippen molar-refractivity contribution in [1.82, 2.24) is 4.90 Å². The van der Waals surface area contributed by atoms with E-state index in [4.69, 9.17) is 21.4 Å². The Hall–Kier alpha value is -1.26. The second-order valence-corrected chi connectivity index (χ2v) is 6.47. The fourth-order valence-corrected chi connectivity index (χ4v) is 2.62. The van der Waals surface area contributed by atoms with Crippen molar-refractivity contribution in [3.05, 3.63) is 28.8 Å². The number of hydrogen-bond acceptors (Lipinski definition) is 3. The Morgan fingerprint density at radius 2 is 2.15 bits per heavy atom. The molecular weight excluding hydrogens is 278 g/mol. The maximum absolute atomic E-state index is 10.9. The first-order valence-electron chi connectivity index (χ1n) is 6.65. The number of ether oxygens (including phenoxy) is 1. The molecule has 2 rings (SSSR count). The monoisotopic (exact) mass is 297 g/mol. The molecule has 0 atom stereocenters. The van der Waals surface area contributed by atoms with Crippen LogP contribution in [-0.2, 0) is 10.2 Å². The molecule has 1 aromatic rings. The lowest BCUT2D eigenvalue weighted by atomic mass is 9.81. The summed E-state index contributed by atoms with van der Waals surface area (Å²) < 4.78 is 5.81. The molecule has 0 amide bonds. The van der Waals surface area contributed by atoms with Crippen LogP contribution in [0.3, 0.4) is 0 Å². The van der Waals surface area contributed by atoms with Crippen LogP contribution in [-0.4, -0.2) is 42.2 Å². The van der Waals surface area contributed by atoms with Crippen molar-refractivity contribution < 1.29 is 14.6 Å². The van der Waals surface area contributed by atoms with E-state index in [1.807, 2.05) is 39.1 Å². The molecule has 4 nitrogen and oxygen atoms in total. The Morgan fingerprint density at radius 1 is 1.50 bits per heavy atom. The first-order chi connectivity index (χ1) is 9.28. The third-order valence-corrected chi connectivity index (χ3v) is 3.93. The highest BCUT2D eigenvalue weighted by Gasteiger charge is 2.27. The number of nitrogens with zero attached hydrogens (tertiary/aromatic N) is 1. The standard InChI is InChI=1S/C15H20ClNO3/c1-15(2,7-14(18)19)10-4-5-13(12(16)6-10)20-11-8-17(3)9-11/h4-6,11H,7-9H2,1-3H3,(H,18,19). The van der Waals surface area contributed by atoms with Crippen LogP contribution < -0.4 is 4.74 Å². The molecule has 0 aromatic heterocycles. The Labute approximate surface area is 124 Å². The van der Waals surface area contributed by atoms with E-state index >= 15 is 0 Å². The number of carbonyl (C=O) groups is 1. The van der Waals surface area contributed by atoms with Crippen LogP contribution in [0.2, 0.25) is 5.02 Å². The third kappa shape index (κ3) is 3.44. The van der Waals surface area contributed by atoms with Crippen LogP contribution in [0, 0.1) is 0 Å². The molecule has 20 heavy (non-hydrogen) atoms. The highest BCUT2D eigenvalue weighted by molar-refractivity contribution is 6.32. The lowest BCUT2D eigenvalue weighted by Crippen LogP contribution is -2.51. The average Bonchev–Trinajstić information content (AvgIpc) is 2.27. The minimum atomic E-state index is -0.816. The minimum Gasteiger partial charge on any atom is -0.486 e. The number of halogens is 1. The predicted octanol–water partition coefficient (Wildman–Crippen LogP) is 2.79. The van der Waals surface area contributed by atoms with Gasteiger partial charge < -0.3 is 9.84 Å². The molecule has 0 saturated carbocycles. The first-order valence-corrected chi connectivity index (χ1v) is 7.03. The summed E-state index contributed by atoms with van der Waals surface area (Å²) in [7, 11) is 2.04. The Morgan fingerprint density at radius 3 is 2.65 bits per heavy atom. The summed E-state index contributed by atoms with van der Waals surface area (Å²) in [5.74, 6) is -0.149. The van der Waals surface area contributed by atoms with Crippen molar-refractivity contribution >= 4 is 17.6 Å². The van der Waals surface area contributed by atoms with Crippen molar-refractivity contribution in [3.8, 4) is 5.75 Å². The summed E-state index contributed by atoms with van der Waals surface area (Å²) in [6.45, 7) is 5.60. The normalized spacial score (nSPS) is 16.8. The van der Waals surface area contributed by atoms with E-state index < -0.39 is 11.4 Å². The van der Waals surface area contributed by atoms with E-state index in [2.05, 4.69) is 4.90 Å². The van der Waals surface area contributed by atoms with Gasteiger partial charge in [-0.1, -0.05) is 31.5 Å². The quantitative estimate of drug-likeness (QED) is 0.908. The summed E-state index contributed by atoms with van der Waals surface area (Å²) in [6, 6.07) is 5.54. The van der Waals surface area contributed by atoms with Crippen LogP contribution >= 0.6 is 11.6 Å². The van der Waals surface area contributed by atoms with Crippen molar-refractivity contribution in [3.63, 3.8) is 0 Å². The van der Waals surface area contributed by atoms with Gasteiger partial charge in [0.25, 0.3) is 0 Å². The predicted molar refractivity (Wildman–Crippen MR) is 78.6 cm³/mol. The Balaban J connectivity index is 2.10. The maximum atomic E-state index is 10.9. The van der Waals surface area contributed by atoms with Crippen molar-refractivity contribution in [2.75, 3.05) is 20.1 Å². The molecule has 110 valence electrons. The molecule has 0 bridgehead atoms. The molecule has 0 aliphatic carbocycles. The van der Waals surface area contributed by atoms with Gasteiger partial charge in [0.2, 0.25) is 0 Å². The largest absolute Gasteiger partial charge is 0.486 e. The van der Waals surface area contributed by atoms with Crippen LogP contribution in [0.4, 0.5) is 0 Å². The number of carboxylic acid groups (broad SMARTS) is 1. The van der Waals surface area contributed by atoms with E-state index in [-0.39, 0.29) is 12.5 Å². The number of rotatable bonds is 5. The Kier molecular flexibility index (Phi) is 4.25. The van der Waals surface area contributed by atoms with E-state index in [0.717, 1.165) is 18.7 Å². The highest BCUT2D eigenvalue weighted by Crippen LogP contribution is 2.34. The molecule has 1 heterocycles. The zero-order chi connectivity index (χ0) is 14.9. The lowest BCUT2D eigenvalue weighted by molar-refractivity contribution is -0.138. The van der Waals surface area contributed by atoms with Gasteiger partial charge in [-0.25, -0.2) is 0 Å². The number of benzene rings is 1. The first kappa shape index (κ1) is 15.1. The second-order valence-electron chi connectivity index (χ2n) is 6.06.